The Balaban J connectivity index is 1.66. The van der Waals surface area contributed by atoms with Crippen LogP contribution in [-0.2, 0) is 5.41 Å². The lowest BCUT2D eigenvalue weighted by Gasteiger charge is -2.44. The standard InChI is InChI=1S/C25H25F2N3O3/c1-13-8-17(15(3)28-19-7-5-4-6-16(19)22(32)33)20-18(9-13)21(31)30-14(2)10-24(23(30)29-20)11-25(26,27)12-24/h4-9,14-15,28H,10-12H2,1-3H3,(H,32,33)/t14-,15-/m1/s1. The van der Waals surface area contributed by atoms with E-state index in [1.807, 2.05) is 26.8 Å². The van der Waals surface area contributed by atoms with E-state index in [-0.39, 0.29) is 36.0 Å². The summed E-state index contributed by atoms with van der Waals surface area (Å²) < 4.78 is 29.4. The lowest BCUT2D eigenvalue weighted by molar-refractivity contribution is -0.128. The van der Waals surface area contributed by atoms with E-state index >= 15 is 0 Å². The predicted octanol–water partition coefficient (Wildman–Crippen LogP) is 5.21. The van der Waals surface area contributed by atoms with Crippen LogP contribution in [0.2, 0.25) is 0 Å². The quantitative estimate of drug-likeness (QED) is 0.567. The highest BCUT2D eigenvalue weighted by atomic mass is 19.3. The van der Waals surface area contributed by atoms with Gasteiger partial charge in [-0.05, 0) is 51.0 Å². The molecule has 8 heteroatoms. The van der Waals surface area contributed by atoms with Crippen LogP contribution in [0.15, 0.2) is 41.2 Å². The monoisotopic (exact) mass is 453 g/mol. The molecule has 2 atom stereocenters. The van der Waals surface area contributed by atoms with Gasteiger partial charge in [-0.15, -0.1) is 0 Å². The summed E-state index contributed by atoms with van der Waals surface area (Å²) in [6.45, 7) is 5.64. The Morgan fingerprint density at radius 2 is 1.97 bits per heavy atom. The summed E-state index contributed by atoms with van der Waals surface area (Å²) in [5, 5.41) is 13.2. The van der Waals surface area contributed by atoms with Gasteiger partial charge in [0.05, 0.1) is 22.5 Å². The molecule has 1 aliphatic carbocycles. The van der Waals surface area contributed by atoms with Crippen LogP contribution >= 0.6 is 0 Å². The zero-order chi connectivity index (χ0) is 23.7. The summed E-state index contributed by atoms with van der Waals surface area (Å²) in [5.41, 5.74) is 1.68. The van der Waals surface area contributed by atoms with Gasteiger partial charge in [-0.1, -0.05) is 18.2 Å². The second-order valence-corrected chi connectivity index (χ2v) is 9.62. The van der Waals surface area contributed by atoms with Crippen molar-refractivity contribution in [2.24, 2.45) is 0 Å². The van der Waals surface area contributed by atoms with Gasteiger partial charge in [0, 0.05) is 35.5 Å². The Morgan fingerprint density at radius 1 is 1.27 bits per heavy atom. The first-order valence-corrected chi connectivity index (χ1v) is 11.1. The maximum Gasteiger partial charge on any atom is 0.337 e. The number of rotatable bonds is 4. The van der Waals surface area contributed by atoms with Crippen LogP contribution < -0.4 is 10.9 Å². The molecule has 5 rings (SSSR count). The van der Waals surface area contributed by atoms with Crippen LogP contribution in [0.25, 0.3) is 10.9 Å². The van der Waals surface area contributed by atoms with Gasteiger partial charge in [0.2, 0.25) is 5.92 Å². The van der Waals surface area contributed by atoms with Crippen molar-refractivity contribution in [1.82, 2.24) is 9.55 Å². The molecular formula is C25H25F2N3O3. The number of anilines is 1. The summed E-state index contributed by atoms with van der Waals surface area (Å²) in [7, 11) is 0. The second-order valence-electron chi connectivity index (χ2n) is 9.62. The molecule has 3 aromatic rings. The molecule has 33 heavy (non-hydrogen) atoms. The summed E-state index contributed by atoms with van der Waals surface area (Å²) >= 11 is 0. The third-order valence-corrected chi connectivity index (χ3v) is 6.97. The molecule has 0 amide bonds. The number of hydrogen-bond acceptors (Lipinski definition) is 4. The number of aryl methyl sites for hydroxylation is 1. The highest BCUT2D eigenvalue weighted by molar-refractivity contribution is 5.94. The van der Waals surface area contributed by atoms with Gasteiger partial charge < -0.3 is 10.4 Å². The van der Waals surface area contributed by atoms with Gasteiger partial charge in [-0.25, -0.2) is 18.6 Å². The summed E-state index contributed by atoms with van der Waals surface area (Å²) in [4.78, 5) is 29.9. The average molecular weight is 453 g/mol. The maximum atomic E-state index is 13.9. The van der Waals surface area contributed by atoms with Crippen molar-refractivity contribution in [3.05, 3.63) is 69.3 Å². The van der Waals surface area contributed by atoms with Gasteiger partial charge in [-0.2, -0.15) is 0 Å². The van der Waals surface area contributed by atoms with Gasteiger partial charge in [-0.3, -0.25) is 9.36 Å². The molecule has 1 fully saturated rings. The Kier molecular flexibility index (Phi) is 4.64. The number of carboxylic acid groups (broad SMARTS) is 1. The molecule has 2 N–H and O–H groups in total. The minimum atomic E-state index is -2.73. The van der Waals surface area contributed by atoms with Crippen LogP contribution in [0.5, 0.6) is 0 Å². The van der Waals surface area contributed by atoms with Crippen molar-refractivity contribution in [2.45, 2.75) is 63.5 Å². The SMILES string of the molecule is Cc1cc([C@@H](C)Nc2ccccc2C(=O)O)c2nc3n(c(=O)c2c1)[C@H](C)CC31CC(F)(F)C1. The fourth-order valence-corrected chi connectivity index (χ4v) is 5.69. The molecule has 0 radical (unpaired) electrons. The first kappa shape index (κ1) is 21.6. The molecule has 2 aliphatic rings. The number of nitrogens with zero attached hydrogens (tertiary/aromatic N) is 2. The highest BCUT2D eigenvalue weighted by Crippen LogP contribution is 2.59. The largest absolute Gasteiger partial charge is 0.478 e. The molecule has 0 unspecified atom stereocenters. The number of carbonyl (C=O) groups is 1. The van der Waals surface area contributed by atoms with E-state index in [0.717, 1.165) is 11.1 Å². The number of aromatic nitrogens is 2. The molecule has 1 aromatic heterocycles. The zero-order valence-corrected chi connectivity index (χ0v) is 18.7. The highest BCUT2D eigenvalue weighted by Gasteiger charge is 2.62. The van der Waals surface area contributed by atoms with Crippen molar-refractivity contribution >= 4 is 22.6 Å². The Labute approximate surface area is 189 Å². The van der Waals surface area contributed by atoms with Crippen LogP contribution in [-0.4, -0.2) is 26.5 Å². The molecule has 1 spiro atoms. The predicted molar refractivity (Wildman–Crippen MR) is 121 cm³/mol. The van der Waals surface area contributed by atoms with Gasteiger partial charge in [0.1, 0.15) is 5.82 Å². The van der Waals surface area contributed by atoms with Gasteiger partial charge in [0.15, 0.2) is 0 Å². The minimum Gasteiger partial charge on any atom is -0.478 e. The fraction of sp³-hybridized carbons (Fsp3) is 0.400. The Hall–Kier alpha value is -3.29. The van der Waals surface area contributed by atoms with Crippen LogP contribution in [0.4, 0.5) is 14.5 Å². The van der Waals surface area contributed by atoms with Gasteiger partial charge >= 0.3 is 5.97 Å². The van der Waals surface area contributed by atoms with E-state index in [1.165, 1.54) is 6.07 Å². The minimum absolute atomic E-state index is 0.139. The summed E-state index contributed by atoms with van der Waals surface area (Å²) in [6.07, 6.45) is -0.0954. The van der Waals surface area contributed by atoms with E-state index in [2.05, 4.69) is 5.32 Å². The number of nitrogens with one attached hydrogen (secondary N) is 1. The molecule has 2 heterocycles. The number of para-hydroxylation sites is 1. The molecule has 0 bridgehead atoms. The molecule has 0 saturated heterocycles. The van der Waals surface area contributed by atoms with Crippen molar-refractivity contribution in [3.8, 4) is 0 Å². The van der Waals surface area contributed by atoms with E-state index in [4.69, 9.17) is 4.98 Å². The van der Waals surface area contributed by atoms with Gasteiger partial charge in [0.25, 0.3) is 5.56 Å². The maximum absolute atomic E-state index is 13.9. The van der Waals surface area contributed by atoms with Crippen LogP contribution in [0.1, 0.15) is 72.5 Å². The van der Waals surface area contributed by atoms with Crippen molar-refractivity contribution in [1.29, 1.82) is 0 Å². The second kappa shape index (κ2) is 7.10. The smallest absolute Gasteiger partial charge is 0.337 e. The number of halogens is 2. The molecule has 6 nitrogen and oxygen atoms in total. The van der Waals surface area contributed by atoms with E-state index in [1.54, 1.807) is 28.8 Å². The zero-order valence-electron chi connectivity index (χ0n) is 18.7. The first-order valence-electron chi connectivity index (χ1n) is 11.1. The van der Waals surface area contributed by atoms with Crippen molar-refractivity contribution in [3.63, 3.8) is 0 Å². The summed E-state index contributed by atoms with van der Waals surface area (Å²) in [5.74, 6) is -3.33. The van der Waals surface area contributed by atoms with E-state index < -0.39 is 17.3 Å². The molecule has 1 aliphatic heterocycles. The number of carboxylic acids is 1. The lowest BCUT2D eigenvalue weighted by Crippen LogP contribution is -2.49. The molecule has 172 valence electrons. The third-order valence-electron chi connectivity index (χ3n) is 6.97. The summed E-state index contributed by atoms with van der Waals surface area (Å²) in [6, 6.07) is 9.73. The topological polar surface area (TPSA) is 84.2 Å². The lowest BCUT2D eigenvalue weighted by atomic mass is 9.64. The number of hydrogen-bond donors (Lipinski definition) is 2. The number of benzene rings is 2. The van der Waals surface area contributed by atoms with Crippen molar-refractivity contribution in [2.75, 3.05) is 5.32 Å². The van der Waals surface area contributed by atoms with Crippen LogP contribution in [0, 0.1) is 6.92 Å². The number of aromatic carboxylic acids is 1. The Morgan fingerprint density at radius 3 is 2.64 bits per heavy atom. The Bertz CT molecular complexity index is 1360. The van der Waals surface area contributed by atoms with E-state index in [9.17, 15) is 23.5 Å². The third kappa shape index (κ3) is 3.31. The fourth-order valence-electron chi connectivity index (χ4n) is 5.69. The van der Waals surface area contributed by atoms with Crippen molar-refractivity contribution < 1.29 is 18.7 Å². The normalized spacial score (nSPS) is 20.9. The average Bonchev–Trinajstić information content (AvgIpc) is 2.99. The number of alkyl halides is 2. The first-order chi connectivity index (χ1) is 15.5. The van der Waals surface area contributed by atoms with Crippen LogP contribution in [0.3, 0.4) is 0 Å². The molecular weight excluding hydrogens is 428 g/mol. The number of fused-ring (bicyclic) bond motifs is 3. The molecule has 1 saturated carbocycles. The van der Waals surface area contributed by atoms with E-state index in [0.29, 0.717) is 28.8 Å². The molecule has 2 aromatic carbocycles.